The van der Waals surface area contributed by atoms with Gasteiger partial charge in [-0.25, -0.2) is 0 Å². The molecule has 0 N–H and O–H groups in total. The number of ether oxygens (including phenoxy) is 1. The summed E-state index contributed by atoms with van der Waals surface area (Å²) >= 11 is 6.44. The van der Waals surface area contributed by atoms with Gasteiger partial charge in [-0.2, -0.15) is 0 Å². The van der Waals surface area contributed by atoms with Crippen LogP contribution in [0.3, 0.4) is 0 Å². The van der Waals surface area contributed by atoms with Gasteiger partial charge >= 0.3 is 0 Å². The van der Waals surface area contributed by atoms with Gasteiger partial charge in [-0.1, -0.05) is 11.6 Å². The largest absolute Gasteiger partial charge is 0.496 e. The SMILES string of the molecule is COc1cc(-n2cccc2)c(Cl)cc1C(=O)N1CCN(C(=O)c2ccco2)CC1. The monoisotopic (exact) mass is 413 g/mol. The average molecular weight is 414 g/mol. The molecule has 7 nitrogen and oxygen atoms in total. The number of carbonyl (C=O) groups excluding carboxylic acids is 2. The minimum Gasteiger partial charge on any atom is -0.496 e. The number of furan rings is 1. The molecule has 1 aromatic carbocycles. The molecule has 150 valence electrons. The maximum Gasteiger partial charge on any atom is 0.289 e. The average Bonchev–Trinajstić information content (AvgIpc) is 3.47. The maximum atomic E-state index is 13.1. The van der Waals surface area contributed by atoms with Crippen molar-refractivity contribution in [1.29, 1.82) is 0 Å². The first kappa shape index (κ1) is 19.1. The molecule has 0 aliphatic carbocycles. The molecule has 8 heteroatoms. The number of methoxy groups -OCH3 is 1. The van der Waals surface area contributed by atoms with E-state index in [4.69, 9.17) is 20.8 Å². The van der Waals surface area contributed by atoms with Gasteiger partial charge in [0.25, 0.3) is 11.8 Å². The molecule has 0 spiro atoms. The molecule has 29 heavy (non-hydrogen) atoms. The summed E-state index contributed by atoms with van der Waals surface area (Å²) in [6.45, 7) is 1.71. The van der Waals surface area contributed by atoms with Gasteiger partial charge in [0.2, 0.25) is 0 Å². The number of carbonyl (C=O) groups is 2. The number of hydrogen-bond acceptors (Lipinski definition) is 4. The minimum absolute atomic E-state index is 0.168. The predicted molar refractivity (Wildman–Crippen MR) is 108 cm³/mol. The second-order valence-electron chi connectivity index (χ2n) is 6.66. The summed E-state index contributed by atoms with van der Waals surface area (Å²) in [5.74, 6) is 0.419. The fraction of sp³-hybridized carbons (Fsp3) is 0.238. The lowest BCUT2D eigenvalue weighted by Gasteiger charge is -2.34. The molecule has 0 radical (unpaired) electrons. The third-order valence-electron chi connectivity index (χ3n) is 4.97. The van der Waals surface area contributed by atoms with Crippen LogP contribution in [0.5, 0.6) is 5.75 Å². The number of hydrogen-bond donors (Lipinski definition) is 0. The number of benzene rings is 1. The zero-order valence-corrected chi connectivity index (χ0v) is 16.6. The summed E-state index contributed by atoms with van der Waals surface area (Å²) in [6, 6.07) is 10.5. The number of rotatable bonds is 4. The lowest BCUT2D eigenvalue weighted by molar-refractivity contribution is 0.0516. The number of aromatic nitrogens is 1. The zero-order valence-electron chi connectivity index (χ0n) is 15.9. The highest BCUT2D eigenvalue weighted by Gasteiger charge is 2.28. The summed E-state index contributed by atoms with van der Waals surface area (Å²) < 4.78 is 12.5. The second-order valence-corrected chi connectivity index (χ2v) is 7.06. The summed E-state index contributed by atoms with van der Waals surface area (Å²) in [4.78, 5) is 28.9. The van der Waals surface area contributed by atoms with Crippen molar-refractivity contribution in [2.45, 2.75) is 0 Å². The van der Waals surface area contributed by atoms with Crippen molar-refractivity contribution in [3.05, 3.63) is 71.4 Å². The van der Waals surface area contributed by atoms with Crippen LogP contribution in [-0.2, 0) is 0 Å². The molecule has 1 fully saturated rings. The van der Waals surface area contributed by atoms with Gasteiger partial charge in [-0.3, -0.25) is 9.59 Å². The van der Waals surface area contributed by atoms with E-state index in [1.807, 2.05) is 29.1 Å². The van der Waals surface area contributed by atoms with Crippen molar-refractivity contribution in [3.8, 4) is 11.4 Å². The molecular weight excluding hydrogens is 394 g/mol. The van der Waals surface area contributed by atoms with E-state index in [9.17, 15) is 9.59 Å². The van der Waals surface area contributed by atoms with E-state index in [-0.39, 0.29) is 11.8 Å². The highest BCUT2D eigenvalue weighted by molar-refractivity contribution is 6.33. The van der Waals surface area contributed by atoms with Crippen LogP contribution in [-0.4, -0.2) is 59.5 Å². The van der Waals surface area contributed by atoms with E-state index in [2.05, 4.69) is 0 Å². The molecule has 3 heterocycles. The summed E-state index contributed by atoms with van der Waals surface area (Å²) in [6.07, 6.45) is 5.22. The Morgan fingerprint density at radius 2 is 1.66 bits per heavy atom. The van der Waals surface area contributed by atoms with Crippen molar-refractivity contribution >= 4 is 23.4 Å². The third kappa shape index (κ3) is 3.73. The highest BCUT2D eigenvalue weighted by Crippen LogP contribution is 2.31. The second kappa shape index (κ2) is 8.05. The molecule has 3 aromatic rings. The first-order valence-corrected chi connectivity index (χ1v) is 9.59. The fourth-order valence-corrected chi connectivity index (χ4v) is 3.67. The number of halogens is 1. The van der Waals surface area contributed by atoms with Gasteiger partial charge in [-0.05, 0) is 30.3 Å². The lowest BCUT2D eigenvalue weighted by atomic mass is 10.1. The quantitative estimate of drug-likeness (QED) is 0.658. The first-order valence-electron chi connectivity index (χ1n) is 9.21. The minimum atomic E-state index is -0.173. The molecule has 1 aliphatic rings. The van der Waals surface area contributed by atoms with Gasteiger partial charge in [0.05, 0.1) is 29.6 Å². The summed E-state index contributed by atoms with van der Waals surface area (Å²) in [7, 11) is 1.53. The standard InChI is InChI=1S/C21H20ClN3O4/c1-28-19-14-17(23-6-2-3-7-23)16(22)13-15(19)20(26)24-8-10-25(11-9-24)21(27)18-5-4-12-29-18/h2-7,12-14H,8-11H2,1H3. The lowest BCUT2D eigenvalue weighted by Crippen LogP contribution is -2.50. The Balaban J connectivity index is 1.50. The van der Waals surface area contributed by atoms with Crippen molar-refractivity contribution in [3.63, 3.8) is 0 Å². The number of nitrogens with zero attached hydrogens (tertiary/aromatic N) is 3. The Bertz CT molecular complexity index is 1010. The summed E-state index contributed by atoms with van der Waals surface area (Å²) in [5.41, 5.74) is 1.14. The van der Waals surface area contributed by atoms with Crippen LogP contribution in [0.15, 0.2) is 59.5 Å². The maximum absolute atomic E-state index is 13.1. The van der Waals surface area contributed by atoms with Gasteiger partial charge < -0.3 is 23.5 Å². The molecule has 2 amide bonds. The van der Waals surface area contributed by atoms with Crippen LogP contribution in [0.4, 0.5) is 0 Å². The Hall–Kier alpha value is -3.19. The van der Waals surface area contributed by atoms with Crippen LogP contribution in [0.25, 0.3) is 5.69 Å². The van der Waals surface area contributed by atoms with E-state index < -0.39 is 0 Å². The Kier molecular flexibility index (Phi) is 5.31. The van der Waals surface area contributed by atoms with Gasteiger partial charge in [-0.15, -0.1) is 0 Å². The van der Waals surface area contributed by atoms with Crippen molar-refractivity contribution in [2.75, 3.05) is 33.3 Å². The van der Waals surface area contributed by atoms with Crippen LogP contribution in [0.1, 0.15) is 20.9 Å². The molecule has 1 saturated heterocycles. The molecule has 0 saturated carbocycles. The molecule has 0 bridgehead atoms. The fourth-order valence-electron chi connectivity index (χ4n) is 3.41. The molecule has 0 atom stereocenters. The van der Waals surface area contributed by atoms with Crippen molar-refractivity contribution < 1.29 is 18.7 Å². The molecule has 0 unspecified atom stereocenters. The summed E-state index contributed by atoms with van der Waals surface area (Å²) in [5, 5.41) is 0.456. The van der Waals surface area contributed by atoms with Crippen LogP contribution in [0.2, 0.25) is 5.02 Å². The van der Waals surface area contributed by atoms with E-state index in [0.717, 1.165) is 5.69 Å². The molecule has 2 aromatic heterocycles. The van der Waals surface area contributed by atoms with Crippen LogP contribution < -0.4 is 4.74 Å². The Morgan fingerprint density at radius 3 is 2.24 bits per heavy atom. The smallest absolute Gasteiger partial charge is 0.289 e. The van der Waals surface area contributed by atoms with Crippen LogP contribution in [0, 0.1) is 0 Å². The number of piperazine rings is 1. The Morgan fingerprint density at radius 1 is 1.00 bits per heavy atom. The topological polar surface area (TPSA) is 67.9 Å². The Labute approximate surface area is 173 Å². The van der Waals surface area contributed by atoms with E-state index in [0.29, 0.717) is 48.3 Å². The molecule has 1 aliphatic heterocycles. The highest BCUT2D eigenvalue weighted by atomic mass is 35.5. The van der Waals surface area contributed by atoms with Gasteiger partial charge in [0, 0.05) is 44.6 Å². The predicted octanol–water partition coefficient (Wildman–Crippen LogP) is 3.33. The molecular formula is C21H20ClN3O4. The van der Waals surface area contributed by atoms with Gasteiger partial charge in [0.1, 0.15) is 5.75 Å². The van der Waals surface area contributed by atoms with E-state index >= 15 is 0 Å². The molecule has 4 rings (SSSR count). The van der Waals surface area contributed by atoms with Crippen molar-refractivity contribution in [2.24, 2.45) is 0 Å². The third-order valence-corrected chi connectivity index (χ3v) is 5.27. The van der Waals surface area contributed by atoms with E-state index in [1.165, 1.54) is 13.4 Å². The van der Waals surface area contributed by atoms with Gasteiger partial charge in [0.15, 0.2) is 5.76 Å². The number of amides is 2. The zero-order chi connectivity index (χ0) is 20.4. The van der Waals surface area contributed by atoms with Crippen LogP contribution >= 0.6 is 11.6 Å². The van der Waals surface area contributed by atoms with Crippen molar-refractivity contribution in [1.82, 2.24) is 14.4 Å². The van der Waals surface area contributed by atoms with E-state index in [1.54, 1.807) is 34.1 Å². The normalized spacial score (nSPS) is 14.1. The first-order chi connectivity index (χ1) is 14.1.